The van der Waals surface area contributed by atoms with Crippen LogP contribution in [-0.2, 0) is 19.1 Å². The van der Waals surface area contributed by atoms with Gasteiger partial charge in [-0.15, -0.1) is 0 Å². The van der Waals surface area contributed by atoms with Gasteiger partial charge >= 0.3 is 5.97 Å². The number of hydrogen-bond donors (Lipinski definition) is 1. The minimum Gasteiger partial charge on any atom is -0.458 e. The molecular weight excluding hydrogens is 210 g/mol. The number of rotatable bonds is 2. The van der Waals surface area contributed by atoms with Crippen LogP contribution >= 0.6 is 0 Å². The fraction of sp³-hybridized carbons (Fsp3) is 0.818. The summed E-state index contributed by atoms with van der Waals surface area (Å²) in [7, 11) is 0. The quantitative estimate of drug-likeness (QED) is 0.427. The van der Waals surface area contributed by atoms with Crippen molar-refractivity contribution in [3.63, 3.8) is 0 Å². The summed E-state index contributed by atoms with van der Waals surface area (Å²) in [6.45, 7) is 8.77. The number of nitrogens with one attached hydrogen (secondary N) is 1. The summed E-state index contributed by atoms with van der Waals surface area (Å²) in [5.41, 5.74) is -2.70. The maximum atomic E-state index is 11.9. The molecule has 0 aromatic heterocycles. The molecule has 1 fully saturated rings. The fourth-order valence-electron chi connectivity index (χ4n) is 1.49. The minimum absolute atomic E-state index is 0.00157. The van der Waals surface area contributed by atoms with Crippen molar-refractivity contribution in [3.05, 3.63) is 0 Å². The molecule has 1 heterocycles. The Hall–Kier alpha value is -0.940. The largest absolute Gasteiger partial charge is 0.458 e. The molecule has 0 spiro atoms. The van der Waals surface area contributed by atoms with Gasteiger partial charge in [0, 0.05) is 0 Å². The van der Waals surface area contributed by atoms with Crippen molar-refractivity contribution in [1.82, 2.24) is 5.32 Å². The molecule has 1 aliphatic rings. The Balaban J connectivity index is 2.83. The third-order valence-electron chi connectivity index (χ3n) is 2.15. The molecular formula is C11H19NO4. The normalized spacial score (nSPS) is 28.8. The van der Waals surface area contributed by atoms with Gasteiger partial charge in [-0.1, -0.05) is 0 Å². The molecule has 92 valence electrons. The Kier molecular flexibility index (Phi) is 3.13. The Morgan fingerprint density at radius 3 is 2.31 bits per heavy atom. The van der Waals surface area contributed by atoms with Crippen molar-refractivity contribution >= 4 is 12.3 Å². The van der Waals surface area contributed by atoms with Crippen LogP contribution < -0.4 is 5.32 Å². The predicted octanol–water partition coefficient (Wildman–Crippen LogP) is 0.622. The number of carbonyl (C=O) groups excluding carboxylic acids is 2. The summed E-state index contributed by atoms with van der Waals surface area (Å²) in [5, 5.41) is 2.85. The highest BCUT2D eigenvalue weighted by atomic mass is 16.6. The Bertz CT molecular complexity index is 306. The first-order valence-corrected chi connectivity index (χ1v) is 5.23. The van der Waals surface area contributed by atoms with Gasteiger partial charge in [0.05, 0.1) is 6.61 Å². The summed E-state index contributed by atoms with van der Waals surface area (Å²) < 4.78 is 10.5. The van der Waals surface area contributed by atoms with Crippen molar-refractivity contribution < 1.29 is 19.1 Å². The second kappa shape index (κ2) is 3.82. The lowest BCUT2D eigenvalue weighted by Gasteiger charge is -2.27. The van der Waals surface area contributed by atoms with Crippen LogP contribution in [0.2, 0.25) is 0 Å². The molecule has 0 radical (unpaired) electrons. The van der Waals surface area contributed by atoms with Crippen LogP contribution in [0.3, 0.4) is 0 Å². The molecule has 5 heteroatoms. The maximum Gasteiger partial charge on any atom is 0.336 e. The van der Waals surface area contributed by atoms with E-state index in [1.54, 1.807) is 34.6 Å². The van der Waals surface area contributed by atoms with E-state index >= 15 is 0 Å². The molecule has 0 saturated carbocycles. The van der Waals surface area contributed by atoms with Crippen LogP contribution in [0.25, 0.3) is 0 Å². The Morgan fingerprint density at radius 1 is 1.44 bits per heavy atom. The van der Waals surface area contributed by atoms with Gasteiger partial charge in [-0.3, -0.25) is 5.32 Å². The van der Waals surface area contributed by atoms with E-state index in [0.717, 1.165) is 0 Å². The summed E-state index contributed by atoms with van der Waals surface area (Å²) in [4.78, 5) is 23.0. The molecule has 0 amide bonds. The van der Waals surface area contributed by atoms with Crippen LogP contribution in [0.1, 0.15) is 34.6 Å². The van der Waals surface area contributed by atoms with Crippen molar-refractivity contribution in [2.24, 2.45) is 0 Å². The van der Waals surface area contributed by atoms with Gasteiger partial charge in [0.2, 0.25) is 0 Å². The molecule has 1 N–H and O–H groups in total. The average molecular weight is 229 g/mol. The Labute approximate surface area is 95.5 Å². The van der Waals surface area contributed by atoms with Crippen LogP contribution in [0.5, 0.6) is 0 Å². The molecule has 1 atom stereocenters. The fourth-order valence-corrected chi connectivity index (χ4v) is 1.49. The van der Waals surface area contributed by atoms with Gasteiger partial charge in [0.1, 0.15) is 11.3 Å². The molecule has 0 aromatic rings. The molecule has 1 saturated heterocycles. The van der Waals surface area contributed by atoms with Gasteiger partial charge in [-0.2, -0.15) is 0 Å². The monoisotopic (exact) mass is 229 g/mol. The van der Waals surface area contributed by atoms with E-state index in [1.165, 1.54) is 0 Å². The number of hydrogen-bond acceptors (Lipinski definition) is 5. The van der Waals surface area contributed by atoms with Crippen molar-refractivity contribution in [2.45, 2.75) is 51.5 Å². The third kappa shape index (κ3) is 2.80. The number of ether oxygens (including phenoxy) is 2. The van der Waals surface area contributed by atoms with Gasteiger partial charge < -0.3 is 14.3 Å². The van der Waals surface area contributed by atoms with Gasteiger partial charge in [-0.05, 0) is 34.6 Å². The van der Waals surface area contributed by atoms with E-state index in [2.05, 4.69) is 5.32 Å². The highest BCUT2D eigenvalue weighted by Gasteiger charge is 2.51. The average Bonchev–Trinajstić information content (AvgIpc) is 2.40. The van der Waals surface area contributed by atoms with E-state index < -0.39 is 22.8 Å². The molecule has 1 aliphatic heterocycles. The van der Waals surface area contributed by atoms with Gasteiger partial charge in [0.15, 0.2) is 11.8 Å². The van der Waals surface area contributed by atoms with Gasteiger partial charge in [0.25, 0.3) is 0 Å². The zero-order valence-corrected chi connectivity index (χ0v) is 10.4. The van der Waals surface area contributed by atoms with Gasteiger partial charge in [-0.25, -0.2) is 4.79 Å². The maximum absolute atomic E-state index is 11.9. The lowest BCUT2D eigenvalue weighted by atomic mass is 10.0. The second-order valence-corrected chi connectivity index (χ2v) is 5.52. The number of carbonyl (C=O) groups is 2. The first kappa shape index (κ1) is 13.1. The number of esters is 1. The summed E-state index contributed by atoms with van der Waals surface area (Å²) in [5.74, 6) is -0.597. The summed E-state index contributed by atoms with van der Waals surface area (Å²) in [6, 6.07) is 0. The van der Waals surface area contributed by atoms with Crippen molar-refractivity contribution in [1.29, 1.82) is 0 Å². The standard InChI is InChI=1S/C11H19NO4/c1-9(2,3)16-8(14)11(6-13)7-15-10(4,5)12-11/h6,12H,7H2,1-5H3/t11-/m0/s1. The molecule has 0 aromatic carbocycles. The van der Waals surface area contributed by atoms with Crippen molar-refractivity contribution in [3.8, 4) is 0 Å². The summed E-state index contributed by atoms with van der Waals surface area (Å²) >= 11 is 0. The SMILES string of the molecule is CC(C)(C)OC(=O)[C@]1(C=O)COC(C)(C)N1. The molecule has 0 bridgehead atoms. The van der Waals surface area contributed by atoms with Crippen LogP contribution in [-0.4, -0.2) is 35.7 Å². The zero-order valence-electron chi connectivity index (χ0n) is 10.4. The Morgan fingerprint density at radius 2 is 2.00 bits per heavy atom. The topological polar surface area (TPSA) is 64.6 Å². The summed E-state index contributed by atoms with van der Waals surface area (Å²) in [6.07, 6.45) is 0.551. The van der Waals surface area contributed by atoms with E-state index in [-0.39, 0.29) is 6.61 Å². The van der Waals surface area contributed by atoms with Crippen LogP contribution in [0, 0.1) is 0 Å². The molecule has 1 rings (SSSR count). The molecule has 0 aliphatic carbocycles. The van der Waals surface area contributed by atoms with Crippen molar-refractivity contribution in [2.75, 3.05) is 6.61 Å². The number of aldehydes is 1. The van der Waals surface area contributed by atoms with E-state index in [4.69, 9.17) is 9.47 Å². The molecule has 5 nitrogen and oxygen atoms in total. The predicted molar refractivity (Wildman–Crippen MR) is 57.8 cm³/mol. The van der Waals surface area contributed by atoms with Crippen LogP contribution in [0.4, 0.5) is 0 Å². The second-order valence-electron chi connectivity index (χ2n) is 5.52. The minimum atomic E-state index is -1.38. The highest BCUT2D eigenvalue weighted by Crippen LogP contribution is 2.24. The van der Waals surface area contributed by atoms with E-state index in [9.17, 15) is 9.59 Å². The third-order valence-corrected chi connectivity index (χ3v) is 2.15. The first-order chi connectivity index (χ1) is 7.10. The zero-order chi connectivity index (χ0) is 12.6. The lowest BCUT2D eigenvalue weighted by molar-refractivity contribution is -0.163. The van der Waals surface area contributed by atoms with Crippen LogP contribution in [0.15, 0.2) is 0 Å². The van der Waals surface area contributed by atoms with E-state index in [1.807, 2.05) is 0 Å². The molecule has 16 heavy (non-hydrogen) atoms. The smallest absolute Gasteiger partial charge is 0.336 e. The first-order valence-electron chi connectivity index (χ1n) is 5.23. The molecule has 0 unspecified atom stereocenters. The van der Waals surface area contributed by atoms with E-state index in [0.29, 0.717) is 6.29 Å². The lowest BCUT2D eigenvalue weighted by Crippen LogP contribution is -2.57. The highest BCUT2D eigenvalue weighted by molar-refractivity contribution is 5.99.